The zero-order chi connectivity index (χ0) is 21.8. The van der Waals surface area contributed by atoms with Crippen molar-refractivity contribution in [2.75, 3.05) is 18.4 Å². The van der Waals surface area contributed by atoms with Gasteiger partial charge in [0, 0.05) is 48.0 Å². The van der Waals surface area contributed by atoms with Crippen molar-refractivity contribution in [2.24, 2.45) is 0 Å². The predicted molar refractivity (Wildman–Crippen MR) is 129 cm³/mol. The summed E-state index contributed by atoms with van der Waals surface area (Å²) >= 11 is 1.64. The molecule has 0 unspecified atom stereocenters. The molecule has 0 spiro atoms. The predicted octanol–water partition coefficient (Wildman–Crippen LogP) is 6.17. The molecule has 2 amide bonds. The molecule has 0 radical (unpaired) electrons. The van der Waals surface area contributed by atoms with Crippen molar-refractivity contribution in [3.8, 4) is 11.3 Å². The fourth-order valence-electron chi connectivity index (χ4n) is 3.63. The van der Waals surface area contributed by atoms with Gasteiger partial charge in [-0.25, -0.2) is 9.78 Å². The number of carbonyl (C=O) groups excluding carboxylic acids is 1. The minimum atomic E-state index is -0.0510. The summed E-state index contributed by atoms with van der Waals surface area (Å²) in [5.74, 6) is 0. The van der Waals surface area contributed by atoms with E-state index in [1.54, 1.807) is 11.3 Å². The van der Waals surface area contributed by atoms with Gasteiger partial charge in [0.2, 0.25) is 0 Å². The zero-order valence-electron chi connectivity index (χ0n) is 18.3. The summed E-state index contributed by atoms with van der Waals surface area (Å²) in [7, 11) is 0. The fraction of sp³-hybridized carbons (Fsp3) is 0.280. The lowest BCUT2D eigenvalue weighted by molar-refractivity contribution is 0.212. The third-order valence-corrected chi connectivity index (χ3v) is 6.21. The molecule has 2 aromatic heterocycles. The van der Waals surface area contributed by atoms with E-state index in [0.717, 1.165) is 46.9 Å². The maximum Gasteiger partial charge on any atom is 0.321 e. The third kappa shape index (κ3) is 4.97. The van der Waals surface area contributed by atoms with Gasteiger partial charge in [0.05, 0.1) is 5.69 Å². The van der Waals surface area contributed by atoms with Gasteiger partial charge in [0.25, 0.3) is 0 Å². The van der Waals surface area contributed by atoms with Gasteiger partial charge in [0.1, 0.15) is 0 Å². The van der Waals surface area contributed by atoms with Crippen molar-refractivity contribution >= 4 is 28.0 Å². The lowest BCUT2D eigenvalue weighted by Crippen LogP contribution is -2.37. The lowest BCUT2D eigenvalue weighted by Gasteiger charge is -2.22. The molecule has 0 saturated heterocycles. The molecule has 0 aliphatic carbocycles. The van der Waals surface area contributed by atoms with E-state index in [1.165, 1.54) is 11.3 Å². The Morgan fingerprint density at radius 1 is 1.10 bits per heavy atom. The highest BCUT2D eigenvalue weighted by Crippen LogP contribution is 2.24. The fourth-order valence-corrected chi connectivity index (χ4v) is 4.54. The van der Waals surface area contributed by atoms with Gasteiger partial charge in [-0.1, -0.05) is 48.9 Å². The van der Waals surface area contributed by atoms with Crippen molar-refractivity contribution in [1.82, 2.24) is 14.3 Å². The average Bonchev–Trinajstić information content (AvgIpc) is 3.33. The van der Waals surface area contributed by atoms with Crippen LogP contribution in [-0.2, 0) is 6.42 Å². The highest BCUT2D eigenvalue weighted by atomic mass is 32.1. The van der Waals surface area contributed by atoms with Gasteiger partial charge < -0.3 is 10.2 Å². The van der Waals surface area contributed by atoms with Crippen molar-refractivity contribution < 1.29 is 4.79 Å². The van der Waals surface area contributed by atoms with Gasteiger partial charge in [0.15, 0.2) is 4.96 Å². The summed E-state index contributed by atoms with van der Waals surface area (Å²) in [5, 5.41) is 5.18. The number of nitrogens with one attached hydrogen (secondary N) is 1. The molecule has 0 bridgehead atoms. The number of fused-ring (bicyclic) bond motifs is 1. The molecule has 160 valence electrons. The standard InChI is InChI=1S/C25H28N4OS/c1-4-13-28(24(30)26-21-7-5-6-19(3)15-21)14-12-22-17-31-25-27-23(16-29(22)25)20-10-8-18(2)9-11-20/h5-11,15-17H,4,12-14H2,1-3H3,(H,26,30). The van der Waals surface area contributed by atoms with E-state index in [1.807, 2.05) is 36.1 Å². The Balaban J connectivity index is 1.47. The first-order chi connectivity index (χ1) is 15.0. The number of aromatic nitrogens is 2. The number of amides is 2. The van der Waals surface area contributed by atoms with Crippen LogP contribution in [0.2, 0.25) is 0 Å². The summed E-state index contributed by atoms with van der Waals surface area (Å²) in [6.07, 6.45) is 3.80. The topological polar surface area (TPSA) is 49.6 Å². The minimum absolute atomic E-state index is 0.0510. The van der Waals surface area contributed by atoms with Crippen LogP contribution in [0.3, 0.4) is 0 Å². The summed E-state index contributed by atoms with van der Waals surface area (Å²) < 4.78 is 2.16. The van der Waals surface area contributed by atoms with Gasteiger partial charge >= 0.3 is 6.03 Å². The van der Waals surface area contributed by atoms with E-state index in [9.17, 15) is 4.79 Å². The molecule has 2 aromatic carbocycles. The highest BCUT2D eigenvalue weighted by molar-refractivity contribution is 7.15. The average molecular weight is 433 g/mol. The number of carbonyl (C=O) groups is 1. The van der Waals surface area contributed by atoms with Crippen molar-refractivity contribution in [3.63, 3.8) is 0 Å². The number of rotatable bonds is 7. The second kappa shape index (κ2) is 9.35. The van der Waals surface area contributed by atoms with Crippen LogP contribution < -0.4 is 5.32 Å². The van der Waals surface area contributed by atoms with Crippen molar-refractivity contribution in [2.45, 2.75) is 33.6 Å². The maximum atomic E-state index is 12.9. The van der Waals surface area contributed by atoms with Crippen LogP contribution >= 0.6 is 11.3 Å². The number of urea groups is 1. The number of benzene rings is 2. The Morgan fingerprint density at radius 2 is 1.90 bits per heavy atom. The van der Waals surface area contributed by atoms with Crippen LogP contribution in [-0.4, -0.2) is 33.4 Å². The molecule has 5 nitrogen and oxygen atoms in total. The molecule has 0 aliphatic rings. The molecule has 31 heavy (non-hydrogen) atoms. The van der Waals surface area contributed by atoms with Gasteiger partial charge in [-0.2, -0.15) is 0 Å². The molecule has 0 saturated carbocycles. The highest BCUT2D eigenvalue weighted by Gasteiger charge is 2.15. The second-order valence-electron chi connectivity index (χ2n) is 7.91. The number of hydrogen-bond acceptors (Lipinski definition) is 3. The molecule has 4 rings (SSSR count). The van der Waals surface area contributed by atoms with E-state index < -0.39 is 0 Å². The van der Waals surface area contributed by atoms with Crippen molar-refractivity contribution in [1.29, 1.82) is 0 Å². The molecule has 2 heterocycles. The van der Waals surface area contributed by atoms with E-state index in [4.69, 9.17) is 4.98 Å². The first-order valence-electron chi connectivity index (χ1n) is 10.7. The maximum absolute atomic E-state index is 12.9. The summed E-state index contributed by atoms with van der Waals surface area (Å²) in [4.78, 5) is 20.5. The van der Waals surface area contributed by atoms with Crippen LogP contribution in [0, 0.1) is 13.8 Å². The molecule has 4 aromatic rings. The second-order valence-corrected chi connectivity index (χ2v) is 8.75. The van der Waals surface area contributed by atoms with Gasteiger partial charge in [-0.05, 0) is 38.0 Å². The summed E-state index contributed by atoms with van der Waals surface area (Å²) in [6.45, 7) is 7.60. The molecule has 6 heteroatoms. The van der Waals surface area contributed by atoms with Crippen LogP contribution in [0.4, 0.5) is 10.5 Å². The summed E-state index contributed by atoms with van der Waals surface area (Å²) in [6, 6.07) is 16.3. The quantitative estimate of drug-likeness (QED) is 0.380. The Labute approximate surface area is 187 Å². The largest absolute Gasteiger partial charge is 0.324 e. The molecule has 0 aliphatic heterocycles. The molecule has 1 N–H and O–H groups in total. The number of thiazole rings is 1. The lowest BCUT2D eigenvalue weighted by atomic mass is 10.1. The van der Waals surface area contributed by atoms with E-state index in [2.05, 4.69) is 59.4 Å². The number of nitrogens with zero attached hydrogens (tertiary/aromatic N) is 3. The minimum Gasteiger partial charge on any atom is -0.324 e. The van der Waals surface area contributed by atoms with Crippen LogP contribution in [0.5, 0.6) is 0 Å². The SMILES string of the molecule is CCCN(CCc1csc2nc(-c3ccc(C)cc3)cn12)C(=O)Nc1cccc(C)c1. The van der Waals surface area contributed by atoms with Gasteiger partial charge in [-0.3, -0.25) is 4.40 Å². The van der Waals surface area contributed by atoms with Crippen LogP contribution in [0.25, 0.3) is 16.2 Å². The Hall–Kier alpha value is -3.12. The van der Waals surface area contributed by atoms with E-state index in [-0.39, 0.29) is 6.03 Å². The molecular weight excluding hydrogens is 404 g/mol. The first-order valence-corrected chi connectivity index (χ1v) is 11.6. The normalized spacial score (nSPS) is 11.1. The van der Waals surface area contributed by atoms with Crippen molar-refractivity contribution in [3.05, 3.63) is 76.9 Å². The first kappa shape index (κ1) is 21.1. The molecule has 0 atom stereocenters. The van der Waals surface area contributed by atoms with Gasteiger partial charge in [-0.15, -0.1) is 11.3 Å². The smallest absolute Gasteiger partial charge is 0.321 e. The monoisotopic (exact) mass is 432 g/mol. The third-order valence-electron chi connectivity index (χ3n) is 5.32. The zero-order valence-corrected chi connectivity index (χ0v) is 19.1. The Morgan fingerprint density at radius 3 is 2.65 bits per heavy atom. The summed E-state index contributed by atoms with van der Waals surface area (Å²) in [5.41, 5.74) is 6.49. The number of aryl methyl sites for hydroxylation is 2. The number of anilines is 1. The van der Waals surface area contributed by atoms with E-state index in [0.29, 0.717) is 6.54 Å². The van der Waals surface area contributed by atoms with Crippen LogP contribution in [0.1, 0.15) is 30.2 Å². The molecule has 0 fully saturated rings. The Bertz CT molecular complexity index is 1180. The van der Waals surface area contributed by atoms with E-state index >= 15 is 0 Å². The number of hydrogen-bond donors (Lipinski definition) is 1. The number of imidazole rings is 1. The Kier molecular flexibility index (Phi) is 6.37. The van der Waals surface area contributed by atoms with Crippen LogP contribution in [0.15, 0.2) is 60.1 Å². The molecular formula is C25H28N4OS.